The van der Waals surface area contributed by atoms with E-state index in [2.05, 4.69) is 0 Å². The van der Waals surface area contributed by atoms with Gasteiger partial charge in [-0.2, -0.15) is 0 Å². The van der Waals surface area contributed by atoms with Gasteiger partial charge in [0.25, 0.3) is 0 Å². The Kier molecular flexibility index (Phi) is 27.2. The fourth-order valence-electron chi connectivity index (χ4n) is 0.810. The maximum Gasteiger partial charge on any atom is 0.335 e. The van der Waals surface area contributed by atoms with Crippen LogP contribution in [0.25, 0.3) is 0 Å². The molecule has 0 aromatic carbocycles. The minimum absolute atomic E-state index is 0. The molecule has 0 aromatic heterocycles. The minimum atomic E-state index is -2.27. The van der Waals surface area contributed by atoms with Crippen LogP contribution in [-0.2, 0) is 28.8 Å². The second-order valence-corrected chi connectivity index (χ2v) is 4.70. The molecule has 0 saturated heterocycles. The molecule has 0 spiro atoms. The predicted molar refractivity (Wildman–Crippen MR) is 81.9 cm³/mol. The number of aliphatic hydroxyl groups excluding tert-OH is 6. The van der Waals surface area contributed by atoms with Crippen LogP contribution in [0.5, 0.6) is 0 Å². The molecule has 0 amide bonds. The van der Waals surface area contributed by atoms with Crippen molar-refractivity contribution in [1.29, 1.82) is 0 Å². The fourth-order valence-corrected chi connectivity index (χ4v) is 0.810. The number of hydrogen-bond donors (Lipinski definition) is 12. The van der Waals surface area contributed by atoms with Gasteiger partial charge in [0, 0.05) is 83.5 Å². The summed E-state index contributed by atoms with van der Waals surface area (Å²) in [5.74, 6) is -10.6. The molecule has 0 radical (unpaired) electrons. The Bertz CT molecular complexity index is 498. The molecule has 0 aromatic rings. The second-order valence-electron chi connectivity index (χ2n) is 4.70. The Labute approximate surface area is 243 Å². The van der Waals surface area contributed by atoms with Crippen molar-refractivity contribution in [3.8, 4) is 0 Å². The number of carbonyl (C=O) groups is 6. The smallest absolute Gasteiger partial charge is 0.335 e. The van der Waals surface area contributed by atoms with E-state index in [9.17, 15) is 28.8 Å². The number of rotatable bonds is 9. The molecular formula is C12H18Ce2O18. The van der Waals surface area contributed by atoms with Crippen LogP contribution >= 0.6 is 0 Å². The van der Waals surface area contributed by atoms with Crippen molar-refractivity contribution in [3.05, 3.63) is 0 Å². The van der Waals surface area contributed by atoms with Crippen molar-refractivity contribution in [2.24, 2.45) is 0 Å². The summed E-state index contributed by atoms with van der Waals surface area (Å²) in [4.78, 5) is 58.6. The number of hydrogen-bond acceptors (Lipinski definition) is 12. The van der Waals surface area contributed by atoms with Crippen LogP contribution < -0.4 is 0 Å². The average molecular weight is 730 g/mol. The first-order valence-corrected chi connectivity index (χ1v) is 6.85. The maximum atomic E-state index is 9.77. The van der Waals surface area contributed by atoms with Crippen molar-refractivity contribution in [2.45, 2.75) is 36.6 Å². The first-order chi connectivity index (χ1) is 13.4. The van der Waals surface area contributed by atoms with Gasteiger partial charge in [0.15, 0.2) is 36.6 Å². The van der Waals surface area contributed by atoms with Crippen LogP contribution in [0.4, 0.5) is 0 Å². The van der Waals surface area contributed by atoms with Gasteiger partial charge in [-0.1, -0.05) is 0 Å². The zero-order valence-electron chi connectivity index (χ0n) is 15.3. The molecule has 20 heteroatoms. The summed E-state index contributed by atoms with van der Waals surface area (Å²) in [7, 11) is 0. The fraction of sp³-hybridized carbons (Fsp3) is 0.500. The van der Waals surface area contributed by atoms with Crippen LogP contribution in [0.1, 0.15) is 0 Å². The Morgan fingerprint density at radius 2 is 0.375 bits per heavy atom. The second kappa shape index (κ2) is 20.9. The average Bonchev–Trinajstić information content (AvgIpc) is 2.64. The van der Waals surface area contributed by atoms with Gasteiger partial charge in [-0.3, -0.25) is 0 Å². The normalized spacial score (nSPS) is 14.8. The summed E-state index contributed by atoms with van der Waals surface area (Å²) in [6, 6.07) is 0. The SMILES string of the molecule is O=C(O)C(O)C(O)C(=O)O.O=C(O)C(O)C(O)C(=O)O.O=C(O)C(O)C(O)C(=O)O.[Ce].[Ce]. The van der Waals surface area contributed by atoms with E-state index in [-0.39, 0.29) is 83.5 Å². The molecular weight excluding hydrogens is 712 g/mol. The van der Waals surface area contributed by atoms with Crippen LogP contribution in [0.3, 0.4) is 0 Å². The molecule has 12 N–H and O–H groups in total. The van der Waals surface area contributed by atoms with E-state index in [1.165, 1.54) is 0 Å². The molecule has 0 heterocycles. The number of aliphatic hydroxyl groups is 6. The number of carboxylic acid groups (broad SMARTS) is 6. The largest absolute Gasteiger partial charge is 0.479 e. The Morgan fingerprint density at radius 1 is 0.312 bits per heavy atom. The van der Waals surface area contributed by atoms with Gasteiger partial charge in [-0.15, -0.1) is 0 Å². The zero-order chi connectivity index (χ0) is 24.9. The van der Waals surface area contributed by atoms with Crippen molar-refractivity contribution >= 4 is 35.8 Å². The summed E-state index contributed by atoms with van der Waals surface area (Å²) < 4.78 is 0. The van der Waals surface area contributed by atoms with E-state index >= 15 is 0 Å². The standard InChI is InChI=1S/3C4H6O6.2Ce/c3*5-1(3(7)8)2(6)4(9)10;;/h3*1-2,5-6H,(H,7,8)(H,9,10);;. The van der Waals surface area contributed by atoms with Crippen LogP contribution in [0, 0.1) is 83.5 Å². The molecule has 6 atom stereocenters. The number of carboxylic acids is 6. The predicted octanol–water partition coefficient (Wildman–Crippen LogP) is -6.37. The third-order valence-corrected chi connectivity index (χ3v) is 2.42. The van der Waals surface area contributed by atoms with Crippen molar-refractivity contribution in [3.63, 3.8) is 0 Å². The molecule has 0 rings (SSSR count). The maximum absolute atomic E-state index is 9.77. The van der Waals surface area contributed by atoms with Crippen LogP contribution in [-0.4, -0.2) is 134 Å². The zero-order valence-corrected chi connectivity index (χ0v) is 21.6. The summed E-state index contributed by atoms with van der Waals surface area (Å²) in [6.07, 6.45) is -13.6. The third-order valence-electron chi connectivity index (χ3n) is 2.42. The van der Waals surface area contributed by atoms with Gasteiger partial charge >= 0.3 is 35.8 Å². The van der Waals surface area contributed by atoms with Crippen molar-refractivity contribution in [1.82, 2.24) is 0 Å². The summed E-state index contributed by atoms with van der Waals surface area (Å²) >= 11 is 0. The van der Waals surface area contributed by atoms with Crippen molar-refractivity contribution in [2.75, 3.05) is 0 Å². The quantitative estimate of drug-likeness (QED) is 0.105. The van der Waals surface area contributed by atoms with E-state index in [0.717, 1.165) is 0 Å². The molecule has 0 aliphatic rings. The van der Waals surface area contributed by atoms with E-state index < -0.39 is 72.4 Å². The van der Waals surface area contributed by atoms with Crippen LogP contribution in [0.2, 0.25) is 0 Å². The molecule has 0 bridgehead atoms. The van der Waals surface area contributed by atoms with E-state index in [1.54, 1.807) is 0 Å². The van der Waals surface area contributed by atoms with Gasteiger partial charge in [-0.05, 0) is 0 Å². The Morgan fingerprint density at radius 3 is 0.406 bits per heavy atom. The topological polar surface area (TPSA) is 345 Å². The third kappa shape index (κ3) is 18.9. The van der Waals surface area contributed by atoms with Gasteiger partial charge in [0.2, 0.25) is 0 Å². The molecule has 32 heavy (non-hydrogen) atoms. The molecule has 6 unspecified atom stereocenters. The van der Waals surface area contributed by atoms with Crippen LogP contribution in [0.15, 0.2) is 0 Å². The monoisotopic (exact) mass is 730 g/mol. The van der Waals surface area contributed by atoms with E-state index in [1.807, 2.05) is 0 Å². The van der Waals surface area contributed by atoms with Gasteiger partial charge < -0.3 is 61.3 Å². The number of aliphatic carboxylic acids is 6. The molecule has 0 aliphatic heterocycles. The molecule has 0 aliphatic carbocycles. The van der Waals surface area contributed by atoms with Gasteiger partial charge in [0.05, 0.1) is 0 Å². The van der Waals surface area contributed by atoms with Crippen molar-refractivity contribution < 1.29 is 174 Å². The Balaban J connectivity index is -0.000000110. The first-order valence-electron chi connectivity index (χ1n) is 6.85. The summed E-state index contributed by atoms with van der Waals surface area (Å²) in [5, 5.41) is 97.6. The van der Waals surface area contributed by atoms with E-state index in [4.69, 9.17) is 61.3 Å². The van der Waals surface area contributed by atoms with E-state index in [0.29, 0.717) is 0 Å². The first kappa shape index (κ1) is 41.6. The summed E-state index contributed by atoms with van der Waals surface area (Å²) in [5.41, 5.74) is 0. The molecule has 18 nitrogen and oxygen atoms in total. The minimum Gasteiger partial charge on any atom is -0.479 e. The molecule has 182 valence electrons. The van der Waals surface area contributed by atoms with Gasteiger partial charge in [0.1, 0.15) is 0 Å². The molecule has 0 fully saturated rings. The Hall–Kier alpha value is -0.667. The van der Waals surface area contributed by atoms with Gasteiger partial charge in [-0.25, -0.2) is 28.8 Å². The molecule has 0 saturated carbocycles. The summed E-state index contributed by atoms with van der Waals surface area (Å²) in [6.45, 7) is 0.